The van der Waals surface area contributed by atoms with Crippen LogP contribution < -0.4 is 5.32 Å². The Balaban J connectivity index is 1.99. The predicted octanol–water partition coefficient (Wildman–Crippen LogP) is 6.55. The van der Waals surface area contributed by atoms with Gasteiger partial charge in [0.2, 0.25) is 0 Å². The van der Waals surface area contributed by atoms with Gasteiger partial charge in [0.05, 0.1) is 10.0 Å². The van der Waals surface area contributed by atoms with Crippen molar-refractivity contribution in [2.45, 2.75) is 33.1 Å². The maximum atomic E-state index is 14.9. The van der Waals surface area contributed by atoms with Crippen LogP contribution in [0, 0.1) is 11.2 Å². The zero-order chi connectivity index (χ0) is 18.0. The van der Waals surface area contributed by atoms with Crippen LogP contribution in [0.3, 0.4) is 0 Å². The van der Waals surface area contributed by atoms with Crippen LogP contribution >= 0.6 is 15.9 Å². The number of hydrogen-bond acceptors (Lipinski definition) is 2. The van der Waals surface area contributed by atoms with E-state index in [9.17, 15) is 4.39 Å². The molecule has 1 aliphatic carbocycles. The molecule has 0 amide bonds. The first kappa shape index (κ1) is 17.9. The van der Waals surface area contributed by atoms with E-state index >= 15 is 0 Å². The number of halogens is 2. The fraction of sp³-hybridized carbons (Fsp3) is 0.286. The molecule has 0 saturated heterocycles. The molecule has 0 aliphatic heterocycles. The molecule has 1 heterocycles. The molecule has 25 heavy (non-hydrogen) atoms. The molecule has 1 aromatic carbocycles. The standard InChI is InChI=1S/C21H22BrFN2/c1-14(15-8-5-4-6-9-15)18-19(23)17(22)13-24-20(18)25-16-10-7-11-21(2,3)12-16/h4-6,8-10,13H,1,7,11-12H2,2-3H3,(H,24,25). The van der Waals surface area contributed by atoms with Crippen LogP contribution in [0.1, 0.15) is 44.2 Å². The van der Waals surface area contributed by atoms with E-state index in [4.69, 9.17) is 0 Å². The summed E-state index contributed by atoms with van der Waals surface area (Å²) in [5.41, 5.74) is 3.23. The molecule has 0 fully saturated rings. The maximum Gasteiger partial charge on any atom is 0.150 e. The van der Waals surface area contributed by atoms with E-state index in [1.54, 1.807) is 0 Å². The third-order valence-electron chi connectivity index (χ3n) is 4.56. The Bertz CT molecular complexity index is 825. The molecule has 0 unspecified atom stereocenters. The fourth-order valence-corrected chi connectivity index (χ4v) is 3.48. The number of rotatable bonds is 4. The summed E-state index contributed by atoms with van der Waals surface area (Å²) in [5.74, 6) is 0.167. The molecule has 0 spiro atoms. The van der Waals surface area contributed by atoms with Gasteiger partial charge in [0.15, 0.2) is 0 Å². The Morgan fingerprint density at radius 2 is 2.00 bits per heavy atom. The largest absolute Gasteiger partial charge is 0.343 e. The number of allylic oxidation sites excluding steroid dienone is 2. The molecule has 4 heteroatoms. The van der Waals surface area contributed by atoms with Crippen molar-refractivity contribution in [1.29, 1.82) is 0 Å². The lowest BCUT2D eigenvalue weighted by Crippen LogP contribution is -2.20. The molecule has 1 N–H and O–H groups in total. The quantitative estimate of drug-likeness (QED) is 0.628. The van der Waals surface area contributed by atoms with Gasteiger partial charge in [0, 0.05) is 11.9 Å². The summed E-state index contributed by atoms with van der Waals surface area (Å²) in [6.45, 7) is 8.62. The lowest BCUT2D eigenvalue weighted by Gasteiger charge is -2.30. The van der Waals surface area contributed by atoms with E-state index < -0.39 is 0 Å². The van der Waals surface area contributed by atoms with Crippen molar-refractivity contribution in [1.82, 2.24) is 4.98 Å². The molecule has 0 radical (unpaired) electrons. The van der Waals surface area contributed by atoms with Crippen LogP contribution in [0.4, 0.5) is 10.2 Å². The van der Waals surface area contributed by atoms with Crippen LogP contribution in [-0.4, -0.2) is 4.98 Å². The lowest BCUT2D eigenvalue weighted by molar-refractivity contribution is 0.321. The second-order valence-electron chi connectivity index (χ2n) is 7.22. The first-order chi connectivity index (χ1) is 11.9. The predicted molar refractivity (Wildman–Crippen MR) is 106 cm³/mol. The van der Waals surface area contributed by atoms with Crippen LogP contribution in [0.2, 0.25) is 0 Å². The van der Waals surface area contributed by atoms with Crippen molar-refractivity contribution in [3.05, 3.63) is 76.3 Å². The normalized spacial score (nSPS) is 16.2. The molecule has 1 aromatic heterocycles. The van der Waals surface area contributed by atoms with Gasteiger partial charge in [-0.1, -0.05) is 56.8 Å². The van der Waals surface area contributed by atoms with E-state index in [1.165, 1.54) is 6.20 Å². The van der Waals surface area contributed by atoms with Gasteiger partial charge in [-0.3, -0.25) is 0 Å². The van der Waals surface area contributed by atoms with Gasteiger partial charge < -0.3 is 5.32 Å². The van der Waals surface area contributed by atoms with Crippen molar-refractivity contribution >= 4 is 27.3 Å². The SMILES string of the molecule is C=C(c1ccccc1)c1c(NC2=CCCC(C)(C)C2)ncc(Br)c1F. The van der Waals surface area contributed by atoms with Gasteiger partial charge in [-0.2, -0.15) is 0 Å². The molecule has 2 nitrogen and oxygen atoms in total. The third-order valence-corrected chi connectivity index (χ3v) is 5.11. The van der Waals surface area contributed by atoms with E-state index in [1.807, 2.05) is 30.3 Å². The Morgan fingerprint density at radius 1 is 1.28 bits per heavy atom. The van der Waals surface area contributed by atoms with Crippen LogP contribution in [0.25, 0.3) is 5.57 Å². The molecule has 2 aromatic rings. The van der Waals surface area contributed by atoms with Gasteiger partial charge in [0.25, 0.3) is 0 Å². The molecule has 0 bridgehead atoms. The van der Waals surface area contributed by atoms with Crippen LogP contribution in [0.5, 0.6) is 0 Å². The average Bonchev–Trinajstić information content (AvgIpc) is 2.58. The van der Waals surface area contributed by atoms with Gasteiger partial charge >= 0.3 is 0 Å². The van der Waals surface area contributed by atoms with E-state index in [2.05, 4.69) is 52.7 Å². The number of benzene rings is 1. The Labute approximate surface area is 157 Å². The summed E-state index contributed by atoms with van der Waals surface area (Å²) < 4.78 is 15.2. The Hall–Kier alpha value is -1.94. The van der Waals surface area contributed by atoms with Crippen LogP contribution in [0.15, 0.2) is 59.4 Å². The minimum absolute atomic E-state index is 0.238. The van der Waals surface area contributed by atoms with Gasteiger partial charge in [-0.05, 0) is 51.7 Å². The number of anilines is 1. The van der Waals surface area contributed by atoms with Crippen molar-refractivity contribution in [2.75, 3.05) is 5.32 Å². The molecular weight excluding hydrogens is 379 g/mol. The average molecular weight is 401 g/mol. The molecule has 0 saturated carbocycles. The highest BCUT2D eigenvalue weighted by Gasteiger charge is 2.24. The fourth-order valence-electron chi connectivity index (χ4n) is 3.18. The topological polar surface area (TPSA) is 24.9 Å². The lowest BCUT2D eigenvalue weighted by atomic mass is 9.79. The molecule has 1 aliphatic rings. The van der Waals surface area contributed by atoms with Gasteiger partial charge in [0.1, 0.15) is 11.6 Å². The van der Waals surface area contributed by atoms with Crippen molar-refractivity contribution in [2.24, 2.45) is 5.41 Å². The minimum atomic E-state index is -0.345. The number of nitrogens with one attached hydrogen (secondary N) is 1. The molecular formula is C21H22BrFN2. The van der Waals surface area contributed by atoms with E-state index in [0.717, 1.165) is 30.5 Å². The maximum absolute atomic E-state index is 14.9. The molecule has 0 atom stereocenters. The Kier molecular flexibility index (Phi) is 5.09. The third kappa shape index (κ3) is 4.01. The van der Waals surface area contributed by atoms with Crippen molar-refractivity contribution < 1.29 is 4.39 Å². The second kappa shape index (κ2) is 7.12. The highest BCUT2D eigenvalue weighted by Crippen LogP contribution is 2.38. The first-order valence-corrected chi connectivity index (χ1v) is 9.21. The highest BCUT2D eigenvalue weighted by atomic mass is 79.9. The summed E-state index contributed by atoms with van der Waals surface area (Å²) in [4.78, 5) is 4.43. The van der Waals surface area contributed by atoms with Gasteiger partial charge in [-0.25, -0.2) is 9.37 Å². The van der Waals surface area contributed by atoms with E-state index in [-0.39, 0.29) is 11.2 Å². The van der Waals surface area contributed by atoms with Gasteiger partial charge in [-0.15, -0.1) is 0 Å². The van der Waals surface area contributed by atoms with Crippen molar-refractivity contribution in [3.8, 4) is 0 Å². The zero-order valence-corrected chi connectivity index (χ0v) is 16.2. The minimum Gasteiger partial charge on any atom is -0.343 e. The van der Waals surface area contributed by atoms with E-state index in [0.29, 0.717) is 21.4 Å². The number of aromatic nitrogens is 1. The smallest absolute Gasteiger partial charge is 0.150 e. The van der Waals surface area contributed by atoms with Crippen molar-refractivity contribution in [3.63, 3.8) is 0 Å². The summed E-state index contributed by atoms with van der Waals surface area (Å²) in [6.07, 6.45) is 6.77. The highest BCUT2D eigenvalue weighted by molar-refractivity contribution is 9.10. The first-order valence-electron chi connectivity index (χ1n) is 8.42. The number of nitrogens with zero attached hydrogens (tertiary/aromatic N) is 1. The number of hydrogen-bond donors (Lipinski definition) is 1. The Morgan fingerprint density at radius 3 is 2.68 bits per heavy atom. The summed E-state index contributed by atoms with van der Waals surface area (Å²) >= 11 is 3.24. The molecule has 130 valence electrons. The summed E-state index contributed by atoms with van der Waals surface area (Å²) in [7, 11) is 0. The molecule has 3 rings (SSSR count). The monoisotopic (exact) mass is 400 g/mol. The van der Waals surface area contributed by atoms with Crippen LogP contribution in [-0.2, 0) is 0 Å². The summed E-state index contributed by atoms with van der Waals surface area (Å²) in [6, 6.07) is 9.62. The number of pyridine rings is 1. The zero-order valence-electron chi connectivity index (χ0n) is 14.6. The second-order valence-corrected chi connectivity index (χ2v) is 8.08. The summed E-state index contributed by atoms with van der Waals surface area (Å²) in [5, 5.41) is 3.35.